The molecule has 1 atom stereocenters. The smallest absolute Gasteiger partial charge is 0.251 e. The number of nitrogens with one attached hydrogen (secondary N) is 1. The standard InChI is InChI=1S/C20H24N2O3/c1-24-18-7-3-5-16(11-18)20(23)21-13-15-9-10-22(14-15)17-6-4-8-19(12-17)25-2/h3-8,11-12,15H,9-10,13-14H2,1-2H3,(H,21,23)/t15-/m0/s1. The van der Waals surface area contributed by atoms with Crippen molar-refractivity contribution in [2.45, 2.75) is 6.42 Å². The van der Waals surface area contributed by atoms with E-state index in [0.29, 0.717) is 23.8 Å². The quantitative estimate of drug-likeness (QED) is 0.878. The zero-order chi connectivity index (χ0) is 17.6. The molecule has 132 valence electrons. The first-order valence-electron chi connectivity index (χ1n) is 8.51. The molecule has 1 heterocycles. The van der Waals surface area contributed by atoms with E-state index in [0.717, 1.165) is 25.3 Å². The Hall–Kier alpha value is -2.69. The summed E-state index contributed by atoms with van der Waals surface area (Å²) in [7, 11) is 3.28. The summed E-state index contributed by atoms with van der Waals surface area (Å²) in [5.74, 6) is 1.95. The van der Waals surface area contributed by atoms with E-state index < -0.39 is 0 Å². The molecule has 5 nitrogen and oxygen atoms in total. The molecule has 0 aromatic heterocycles. The van der Waals surface area contributed by atoms with Crippen molar-refractivity contribution in [3.05, 3.63) is 54.1 Å². The number of anilines is 1. The Balaban J connectivity index is 1.53. The molecule has 1 N–H and O–H groups in total. The molecule has 0 aliphatic carbocycles. The van der Waals surface area contributed by atoms with E-state index in [9.17, 15) is 4.79 Å². The molecule has 0 radical (unpaired) electrons. The lowest BCUT2D eigenvalue weighted by molar-refractivity contribution is 0.0948. The topological polar surface area (TPSA) is 50.8 Å². The molecule has 2 aromatic carbocycles. The highest BCUT2D eigenvalue weighted by atomic mass is 16.5. The van der Waals surface area contributed by atoms with Crippen LogP contribution in [-0.2, 0) is 0 Å². The molecule has 0 unspecified atom stereocenters. The van der Waals surface area contributed by atoms with E-state index >= 15 is 0 Å². The van der Waals surface area contributed by atoms with Gasteiger partial charge in [0.25, 0.3) is 5.91 Å². The highest BCUT2D eigenvalue weighted by Gasteiger charge is 2.23. The van der Waals surface area contributed by atoms with E-state index in [2.05, 4.69) is 22.3 Å². The van der Waals surface area contributed by atoms with Crippen molar-refractivity contribution in [3.8, 4) is 11.5 Å². The lowest BCUT2D eigenvalue weighted by atomic mass is 10.1. The van der Waals surface area contributed by atoms with E-state index in [-0.39, 0.29) is 5.91 Å². The van der Waals surface area contributed by atoms with Crippen LogP contribution >= 0.6 is 0 Å². The van der Waals surface area contributed by atoms with Crippen molar-refractivity contribution in [1.82, 2.24) is 5.32 Å². The lowest BCUT2D eigenvalue weighted by Crippen LogP contribution is -2.31. The van der Waals surface area contributed by atoms with Gasteiger partial charge in [-0.25, -0.2) is 0 Å². The Kier molecular flexibility index (Phi) is 5.43. The Morgan fingerprint density at radius 3 is 2.60 bits per heavy atom. The van der Waals surface area contributed by atoms with E-state index in [4.69, 9.17) is 9.47 Å². The zero-order valence-corrected chi connectivity index (χ0v) is 14.7. The summed E-state index contributed by atoms with van der Waals surface area (Å²) < 4.78 is 10.5. The maximum absolute atomic E-state index is 12.3. The van der Waals surface area contributed by atoms with Crippen molar-refractivity contribution in [3.63, 3.8) is 0 Å². The number of amides is 1. The zero-order valence-electron chi connectivity index (χ0n) is 14.7. The largest absolute Gasteiger partial charge is 0.497 e. The second-order valence-electron chi connectivity index (χ2n) is 6.24. The maximum atomic E-state index is 12.3. The van der Waals surface area contributed by atoms with Gasteiger partial charge in [-0.3, -0.25) is 4.79 Å². The molecular weight excluding hydrogens is 316 g/mol. The van der Waals surface area contributed by atoms with Gasteiger partial charge < -0.3 is 19.7 Å². The van der Waals surface area contributed by atoms with Gasteiger partial charge in [-0.15, -0.1) is 0 Å². The van der Waals surface area contributed by atoms with Crippen LogP contribution in [0.1, 0.15) is 16.8 Å². The van der Waals surface area contributed by atoms with Gasteiger partial charge in [-0.1, -0.05) is 12.1 Å². The lowest BCUT2D eigenvalue weighted by Gasteiger charge is -2.19. The molecule has 0 saturated carbocycles. The van der Waals surface area contributed by atoms with Gasteiger partial charge in [-0.05, 0) is 42.7 Å². The summed E-state index contributed by atoms with van der Waals surface area (Å²) in [5, 5.41) is 3.04. The average Bonchev–Trinajstić information content (AvgIpc) is 3.15. The summed E-state index contributed by atoms with van der Waals surface area (Å²) in [6.45, 7) is 2.61. The van der Waals surface area contributed by atoms with Gasteiger partial charge in [0.1, 0.15) is 11.5 Å². The number of hydrogen-bond acceptors (Lipinski definition) is 4. The van der Waals surface area contributed by atoms with Crippen molar-refractivity contribution >= 4 is 11.6 Å². The van der Waals surface area contributed by atoms with E-state index in [1.54, 1.807) is 26.4 Å². The minimum atomic E-state index is -0.0567. The molecule has 3 rings (SSSR count). The van der Waals surface area contributed by atoms with Crippen molar-refractivity contribution in [2.24, 2.45) is 5.92 Å². The van der Waals surface area contributed by atoms with Crippen LogP contribution in [-0.4, -0.2) is 39.8 Å². The van der Waals surface area contributed by atoms with Crippen molar-refractivity contribution in [1.29, 1.82) is 0 Å². The van der Waals surface area contributed by atoms with E-state index in [1.807, 2.05) is 24.3 Å². The fourth-order valence-corrected chi connectivity index (χ4v) is 3.14. The fourth-order valence-electron chi connectivity index (χ4n) is 3.14. The van der Waals surface area contributed by atoms with Crippen LogP contribution in [0.2, 0.25) is 0 Å². The van der Waals surface area contributed by atoms with Gasteiger partial charge in [-0.2, -0.15) is 0 Å². The van der Waals surface area contributed by atoms with E-state index in [1.165, 1.54) is 5.69 Å². The predicted octanol–water partition coefficient (Wildman–Crippen LogP) is 2.96. The molecule has 1 aliphatic heterocycles. The summed E-state index contributed by atoms with van der Waals surface area (Å²) in [6, 6.07) is 15.3. The molecule has 1 fully saturated rings. The van der Waals surface area contributed by atoms with Crippen LogP contribution < -0.4 is 19.7 Å². The van der Waals surface area contributed by atoms with Crippen molar-refractivity contribution < 1.29 is 14.3 Å². The minimum absolute atomic E-state index is 0.0567. The first kappa shape index (κ1) is 17.1. The number of carbonyl (C=O) groups excluding carboxylic acids is 1. The fraction of sp³-hybridized carbons (Fsp3) is 0.350. The molecule has 0 spiro atoms. The second kappa shape index (κ2) is 7.92. The molecule has 2 aromatic rings. The number of nitrogens with zero attached hydrogens (tertiary/aromatic N) is 1. The van der Waals surface area contributed by atoms with Crippen molar-refractivity contribution in [2.75, 3.05) is 38.8 Å². The van der Waals surface area contributed by atoms with Crippen LogP contribution in [0, 0.1) is 5.92 Å². The number of ether oxygens (including phenoxy) is 2. The third kappa shape index (κ3) is 4.24. The Morgan fingerprint density at radius 2 is 1.84 bits per heavy atom. The highest BCUT2D eigenvalue weighted by Crippen LogP contribution is 2.26. The Labute approximate surface area is 148 Å². The SMILES string of the molecule is COc1cccc(C(=O)NC[C@@H]2CCN(c3cccc(OC)c3)C2)c1. The first-order chi connectivity index (χ1) is 12.2. The molecular formula is C20H24N2O3. The maximum Gasteiger partial charge on any atom is 0.251 e. The number of carbonyl (C=O) groups is 1. The van der Waals surface area contributed by atoms with Crippen LogP contribution in [0.15, 0.2) is 48.5 Å². The average molecular weight is 340 g/mol. The van der Waals surface area contributed by atoms with Gasteiger partial charge in [0.15, 0.2) is 0 Å². The molecule has 25 heavy (non-hydrogen) atoms. The molecule has 0 bridgehead atoms. The predicted molar refractivity (Wildman–Crippen MR) is 98.6 cm³/mol. The molecule has 5 heteroatoms. The summed E-state index contributed by atoms with van der Waals surface area (Å²) in [4.78, 5) is 14.6. The number of benzene rings is 2. The number of rotatable bonds is 6. The third-order valence-corrected chi connectivity index (χ3v) is 4.59. The first-order valence-corrected chi connectivity index (χ1v) is 8.51. The van der Waals surface area contributed by atoms with Gasteiger partial charge in [0.05, 0.1) is 14.2 Å². The molecule has 1 amide bonds. The Bertz CT molecular complexity index is 732. The van der Waals surface area contributed by atoms with Gasteiger partial charge >= 0.3 is 0 Å². The molecule has 1 saturated heterocycles. The monoisotopic (exact) mass is 340 g/mol. The van der Waals surface area contributed by atoms with Crippen LogP contribution in [0.4, 0.5) is 5.69 Å². The number of methoxy groups -OCH3 is 2. The van der Waals surface area contributed by atoms with Gasteiger partial charge in [0.2, 0.25) is 0 Å². The molecule has 1 aliphatic rings. The Morgan fingerprint density at radius 1 is 1.12 bits per heavy atom. The second-order valence-corrected chi connectivity index (χ2v) is 6.24. The normalized spacial score (nSPS) is 16.6. The van der Waals surface area contributed by atoms with Crippen LogP contribution in [0.3, 0.4) is 0 Å². The van der Waals surface area contributed by atoms with Crippen LogP contribution in [0.5, 0.6) is 11.5 Å². The third-order valence-electron chi connectivity index (χ3n) is 4.59. The van der Waals surface area contributed by atoms with Gasteiger partial charge in [0, 0.05) is 37.0 Å². The minimum Gasteiger partial charge on any atom is -0.497 e. The summed E-state index contributed by atoms with van der Waals surface area (Å²) in [6.07, 6.45) is 1.07. The summed E-state index contributed by atoms with van der Waals surface area (Å²) in [5.41, 5.74) is 1.79. The van der Waals surface area contributed by atoms with Crippen LogP contribution in [0.25, 0.3) is 0 Å². The number of hydrogen-bond donors (Lipinski definition) is 1. The summed E-state index contributed by atoms with van der Waals surface area (Å²) >= 11 is 0. The highest BCUT2D eigenvalue weighted by molar-refractivity contribution is 5.94.